The van der Waals surface area contributed by atoms with Crippen LogP contribution < -0.4 is 5.32 Å². The van der Waals surface area contributed by atoms with E-state index in [2.05, 4.69) is 5.32 Å². The number of urea groups is 1. The molecule has 2 amide bonds. The van der Waals surface area contributed by atoms with Gasteiger partial charge in [-0.3, -0.25) is 0 Å². The molecule has 1 rings (SSSR count). The lowest BCUT2D eigenvalue weighted by atomic mass is 10.1. The zero-order valence-electron chi connectivity index (χ0n) is 10.1. The zero-order valence-corrected chi connectivity index (χ0v) is 10.1. The van der Waals surface area contributed by atoms with Gasteiger partial charge in [-0.2, -0.15) is 0 Å². The van der Waals surface area contributed by atoms with Gasteiger partial charge in [0, 0.05) is 26.2 Å². The molecule has 1 N–H and O–H groups in total. The average Bonchev–Trinajstić information content (AvgIpc) is 2.30. The maximum atomic E-state index is 12.0. The van der Waals surface area contributed by atoms with Gasteiger partial charge in [-0.05, 0) is 39.8 Å². The van der Waals surface area contributed by atoms with Crippen molar-refractivity contribution in [2.45, 2.75) is 32.7 Å². The van der Waals surface area contributed by atoms with Gasteiger partial charge in [0.05, 0.1) is 0 Å². The fraction of sp³-hybridized carbons (Fsp3) is 0.909. The van der Waals surface area contributed by atoms with Crippen molar-refractivity contribution < 1.29 is 4.79 Å². The molecule has 0 aromatic heterocycles. The molecule has 15 heavy (non-hydrogen) atoms. The van der Waals surface area contributed by atoms with Crippen LogP contribution in [-0.2, 0) is 0 Å². The van der Waals surface area contributed by atoms with E-state index in [4.69, 9.17) is 0 Å². The Morgan fingerprint density at radius 2 is 1.80 bits per heavy atom. The van der Waals surface area contributed by atoms with Gasteiger partial charge in [-0.25, -0.2) is 4.79 Å². The fourth-order valence-corrected chi connectivity index (χ4v) is 2.07. The molecule has 1 fully saturated rings. The second-order valence-electron chi connectivity index (χ2n) is 4.05. The first-order valence-corrected chi connectivity index (χ1v) is 5.93. The molecule has 4 nitrogen and oxygen atoms in total. The van der Waals surface area contributed by atoms with E-state index in [1.54, 1.807) is 0 Å². The second-order valence-corrected chi connectivity index (χ2v) is 4.05. The van der Waals surface area contributed by atoms with Crippen molar-refractivity contribution >= 4 is 6.03 Å². The Morgan fingerprint density at radius 3 is 2.27 bits per heavy atom. The summed E-state index contributed by atoms with van der Waals surface area (Å²) in [6.45, 7) is 7.70. The summed E-state index contributed by atoms with van der Waals surface area (Å²) >= 11 is 0. The van der Waals surface area contributed by atoms with Crippen LogP contribution in [0, 0.1) is 0 Å². The largest absolute Gasteiger partial charge is 0.325 e. The standard InChI is InChI=1S/C11H23N3O/c1-4-14(5-2)11(15)13(3)10-6-8-12-9-7-10/h10,12H,4-9H2,1-3H3. The monoisotopic (exact) mass is 213 g/mol. The first kappa shape index (κ1) is 12.3. The third kappa shape index (κ3) is 3.09. The predicted molar refractivity (Wildman–Crippen MR) is 62.0 cm³/mol. The quantitative estimate of drug-likeness (QED) is 0.763. The normalized spacial score (nSPS) is 17.5. The lowest BCUT2D eigenvalue weighted by Gasteiger charge is -2.35. The van der Waals surface area contributed by atoms with Crippen LogP contribution in [0.25, 0.3) is 0 Å². The van der Waals surface area contributed by atoms with E-state index in [1.165, 1.54) is 0 Å². The van der Waals surface area contributed by atoms with Gasteiger partial charge < -0.3 is 15.1 Å². The molecule has 0 spiro atoms. The highest BCUT2D eigenvalue weighted by atomic mass is 16.2. The van der Waals surface area contributed by atoms with Crippen molar-refractivity contribution in [1.82, 2.24) is 15.1 Å². The van der Waals surface area contributed by atoms with Crippen molar-refractivity contribution in [2.75, 3.05) is 33.2 Å². The number of rotatable bonds is 3. The minimum Gasteiger partial charge on any atom is -0.325 e. The molecule has 0 aromatic carbocycles. The first-order valence-electron chi connectivity index (χ1n) is 5.93. The van der Waals surface area contributed by atoms with Gasteiger partial charge in [0.25, 0.3) is 0 Å². The fourth-order valence-electron chi connectivity index (χ4n) is 2.07. The Labute approximate surface area is 92.6 Å². The smallest absolute Gasteiger partial charge is 0.319 e. The van der Waals surface area contributed by atoms with Crippen molar-refractivity contribution in [2.24, 2.45) is 0 Å². The second kappa shape index (κ2) is 5.95. The van der Waals surface area contributed by atoms with Crippen LogP contribution in [0.15, 0.2) is 0 Å². The lowest BCUT2D eigenvalue weighted by Crippen LogP contribution is -2.49. The van der Waals surface area contributed by atoms with Crippen LogP contribution >= 0.6 is 0 Å². The highest BCUT2D eigenvalue weighted by molar-refractivity contribution is 5.74. The molecule has 0 aliphatic carbocycles. The van der Waals surface area contributed by atoms with Gasteiger partial charge in [0.2, 0.25) is 0 Å². The molecule has 0 bridgehead atoms. The number of nitrogens with one attached hydrogen (secondary N) is 1. The van der Waals surface area contributed by atoms with Gasteiger partial charge >= 0.3 is 6.03 Å². The Kier molecular flexibility index (Phi) is 4.88. The van der Waals surface area contributed by atoms with Gasteiger partial charge in [0.15, 0.2) is 0 Å². The molecule has 0 saturated carbocycles. The number of hydrogen-bond acceptors (Lipinski definition) is 2. The Hall–Kier alpha value is -0.770. The maximum Gasteiger partial charge on any atom is 0.319 e. The van der Waals surface area contributed by atoms with Crippen LogP contribution in [0.2, 0.25) is 0 Å². The molecule has 0 radical (unpaired) electrons. The molecular formula is C11H23N3O. The SMILES string of the molecule is CCN(CC)C(=O)N(C)C1CCNCC1. The summed E-state index contributed by atoms with van der Waals surface area (Å²) in [6.07, 6.45) is 2.15. The number of piperidine rings is 1. The first-order chi connectivity index (χ1) is 7.20. The maximum absolute atomic E-state index is 12.0. The number of carbonyl (C=O) groups is 1. The Bertz CT molecular complexity index is 198. The highest BCUT2D eigenvalue weighted by Crippen LogP contribution is 2.11. The van der Waals surface area contributed by atoms with E-state index >= 15 is 0 Å². The summed E-state index contributed by atoms with van der Waals surface area (Å²) in [5, 5.41) is 3.31. The summed E-state index contributed by atoms with van der Waals surface area (Å²) in [6, 6.07) is 0.589. The molecular weight excluding hydrogens is 190 g/mol. The minimum atomic E-state index is 0.173. The average molecular weight is 213 g/mol. The van der Waals surface area contributed by atoms with E-state index in [-0.39, 0.29) is 6.03 Å². The topological polar surface area (TPSA) is 35.6 Å². The van der Waals surface area contributed by atoms with Gasteiger partial charge in [0.1, 0.15) is 0 Å². The molecule has 1 saturated heterocycles. The zero-order chi connectivity index (χ0) is 11.3. The lowest BCUT2D eigenvalue weighted by molar-refractivity contribution is 0.140. The summed E-state index contributed by atoms with van der Waals surface area (Å²) < 4.78 is 0. The highest BCUT2D eigenvalue weighted by Gasteiger charge is 2.24. The van der Waals surface area contributed by atoms with Crippen molar-refractivity contribution in [3.8, 4) is 0 Å². The van der Waals surface area contributed by atoms with Crippen LogP contribution in [0.4, 0.5) is 4.79 Å². The van der Waals surface area contributed by atoms with Gasteiger partial charge in [-0.15, -0.1) is 0 Å². The predicted octanol–water partition coefficient (Wildman–Crippen LogP) is 1.13. The van der Waals surface area contributed by atoms with Crippen molar-refractivity contribution in [1.29, 1.82) is 0 Å². The van der Waals surface area contributed by atoms with Crippen LogP contribution in [0.3, 0.4) is 0 Å². The summed E-state index contributed by atoms with van der Waals surface area (Å²) in [5.41, 5.74) is 0. The molecule has 1 aliphatic rings. The van der Waals surface area contributed by atoms with E-state index < -0.39 is 0 Å². The van der Waals surface area contributed by atoms with E-state index in [0.29, 0.717) is 6.04 Å². The number of hydrogen-bond donors (Lipinski definition) is 1. The Morgan fingerprint density at radius 1 is 1.27 bits per heavy atom. The number of amides is 2. The third-order valence-corrected chi connectivity index (χ3v) is 3.19. The summed E-state index contributed by atoms with van der Waals surface area (Å²) in [5.74, 6) is 0. The number of nitrogens with zero attached hydrogens (tertiary/aromatic N) is 2. The molecule has 0 atom stereocenters. The van der Waals surface area contributed by atoms with Crippen LogP contribution in [-0.4, -0.2) is 55.1 Å². The van der Waals surface area contributed by atoms with Crippen molar-refractivity contribution in [3.63, 3.8) is 0 Å². The van der Waals surface area contributed by atoms with E-state index in [9.17, 15) is 4.79 Å². The molecule has 1 heterocycles. The molecule has 0 aromatic rings. The van der Waals surface area contributed by atoms with Crippen molar-refractivity contribution in [3.05, 3.63) is 0 Å². The third-order valence-electron chi connectivity index (χ3n) is 3.19. The molecule has 1 aliphatic heterocycles. The molecule has 4 heteroatoms. The van der Waals surface area contributed by atoms with E-state index in [1.807, 2.05) is 30.7 Å². The Balaban J connectivity index is 2.49. The van der Waals surface area contributed by atoms with Crippen LogP contribution in [0.1, 0.15) is 26.7 Å². The van der Waals surface area contributed by atoms with Gasteiger partial charge in [-0.1, -0.05) is 0 Å². The molecule has 0 unspecified atom stereocenters. The number of carbonyl (C=O) groups excluding carboxylic acids is 1. The minimum absolute atomic E-state index is 0.173. The van der Waals surface area contributed by atoms with E-state index in [0.717, 1.165) is 39.0 Å². The summed E-state index contributed by atoms with van der Waals surface area (Å²) in [4.78, 5) is 15.8. The molecule has 88 valence electrons. The van der Waals surface area contributed by atoms with Crippen LogP contribution in [0.5, 0.6) is 0 Å². The summed E-state index contributed by atoms with van der Waals surface area (Å²) in [7, 11) is 1.93.